The summed E-state index contributed by atoms with van der Waals surface area (Å²) in [5.74, 6) is 0.857. The molecule has 1 saturated heterocycles. The number of amides is 1. The Morgan fingerprint density at radius 2 is 1.93 bits per heavy atom. The second-order valence-electron chi connectivity index (χ2n) is 10.6. The fourth-order valence-corrected chi connectivity index (χ4v) is 6.51. The fourth-order valence-electron chi connectivity index (χ4n) is 5.43. The van der Waals surface area contributed by atoms with Gasteiger partial charge in [-0.2, -0.15) is 0 Å². The van der Waals surface area contributed by atoms with Crippen molar-refractivity contribution in [2.75, 3.05) is 58.0 Å². The molecule has 4 heterocycles. The standard InChI is InChI=1S/C32H35N7O2S/c1-37-13-15-39(16-14-37)12-6-8-23-19-34-31(33)29-24(20-42-30(23)29)21-10-11-25(28(18-21)41-3)35-36-32(40)27-17-22-7-4-5-9-26(22)38(27)2/h4-11,17-20,35H,12-16H2,1-3H3,(H2,33,34)(H,36,40)/b8-6+. The second kappa shape index (κ2) is 11.8. The van der Waals surface area contributed by atoms with E-state index in [-0.39, 0.29) is 5.91 Å². The molecule has 1 aliphatic rings. The number of nitrogens with one attached hydrogen (secondary N) is 2. The van der Waals surface area contributed by atoms with Gasteiger partial charge in [-0.3, -0.25) is 20.5 Å². The quantitative estimate of drug-likeness (QED) is 0.220. The minimum absolute atomic E-state index is 0.240. The zero-order valence-electron chi connectivity index (χ0n) is 24.1. The molecule has 0 atom stereocenters. The van der Waals surface area contributed by atoms with Crippen molar-refractivity contribution >= 4 is 55.8 Å². The molecule has 42 heavy (non-hydrogen) atoms. The van der Waals surface area contributed by atoms with Crippen LogP contribution in [-0.4, -0.2) is 72.1 Å². The molecule has 1 fully saturated rings. The topological polar surface area (TPSA) is 101 Å². The molecule has 0 unspecified atom stereocenters. The number of carbonyl (C=O) groups excluding carboxylic acids is 1. The lowest BCUT2D eigenvalue weighted by Crippen LogP contribution is -2.44. The van der Waals surface area contributed by atoms with Crippen LogP contribution in [0.5, 0.6) is 5.75 Å². The van der Waals surface area contributed by atoms with E-state index in [2.05, 4.69) is 50.2 Å². The molecule has 6 rings (SSSR count). The highest BCUT2D eigenvalue weighted by Gasteiger charge is 2.17. The number of hydrogen-bond donors (Lipinski definition) is 3. The number of carbonyl (C=O) groups is 1. The van der Waals surface area contributed by atoms with Gasteiger partial charge in [0.05, 0.1) is 12.8 Å². The summed E-state index contributed by atoms with van der Waals surface area (Å²) in [4.78, 5) is 22.3. The second-order valence-corrected chi connectivity index (χ2v) is 11.5. The maximum Gasteiger partial charge on any atom is 0.286 e. The summed E-state index contributed by atoms with van der Waals surface area (Å²) < 4.78 is 8.68. The number of fused-ring (bicyclic) bond motifs is 2. The normalized spacial score (nSPS) is 14.6. The molecule has 0 spiro atoms. The van der Waals surface area contributed by atoms with Crippen molar-refractivity contribution in [2.45, 2.75) is 0 Å². The molecular formula is C32H35N7O2S. The number of thiophene rings is 1. The number of nitrogens with two attached hydrogens (primary N) is 1. The van der Waals surface area contributed by atoms with Gasteiger partial charge >= 0.3 is 0 Å². The van der Waals surface area contributed by atoms with E-state index in [1.807, 2.05) is 66.3 Å². The van der Waals surface area contributed by atoms with E-state index in [1.165, 1.54) is 0 Å². The van der Waals surface area contributed by atoms with Crippen LogP contribution in [0.2, 0.25) is 0 Å². The maximum absolute atomic E-state index is 13.0. The molecule has 0 saturated carbocycles. The smallest absolute Gasteiger partial charge is 0.286 e. The number of pyridine rings is 1. The minimum Gasteiger partial charge on any atom is -0.494 e. The summed E-state index contributed by atoms with van der Waals surface area (Å²) in [6.07, 6.45) is 6.22. The highest BCUT2D eigenvalue weighted by atomic mass is 32.1. The summed E-state index contributed by atoms with van der Waals surface area (Å²) in [5.41, 5.74) is 17.5. The van der Waals surface area contributed by atoms with Gasteiger partial charge in [-0.1, -0.05) is 36.4 Å². The van der Waals surface area contributed by atoms with Gasteiger partial charge in [-0.25, -0.2) is 4.98 Å². The molecule has 1 aliphatic heterocycles. The monoisotopic (exact) mass is 581 g/mol. The molecule has 0 bridgehead atoms. The van der Waals surface area contributed by atoms with Gasteiger partial charge in [0.25, 0.3) is 5.91 Å². The number of para-hydroxylation sites is 1. The van der Waals surface area contributed by atoms with E-state index in [9.17, 15) is 4.79 Å². The van der Waals surface area contributed by atoms with Crippen molar-refractivity contribution in [1.29, 1.82) is 0 Å². The summed E-state index contributed by atoms with van der Waals surface area (Å²) >= 11 is 1.66. The molecule has 10 heteroatoms. The number of rotatable bonds is 8. The predicted molar refractivity (Wildman–Crippen MR) is 173 cm³/mol. The van der Waals surface area contributed by atoms with Gasteiger partial charge in [0.1, 0.15) is 17.3 Å². The van der Waals surface area contributed by atoms with Gasteiger partial charge in [0, 0.05) is 78.1 Å². The van der Waals surface area contributed by atoms with Crippen LogP contribution in [0, 0.1) is 0 Å². The SMILES string of the molecule is COc1cc(-c2csc3c(/C=C/CN4CCN(C)CC4)cnc(N)c23)ccc1NNC(=O)c1cc2ccccc2n1C. The highest BCUT2D eigenvalue weighted by Crippen LogP contribution is 2.41. The molecule has 4 N–H and O–H groups in total. The average molecular weight is 582 g/mol. The van der Waals surface area contributed by atoms with Crippen molar-refractivity contribution < 1.29 is 9.53 Å². The third-order valence-electron chi connectivity index (χ3n) is 7.92. The summed E-state index contributed by atoms with van der Waals surface area (Å²) in [6, 6.07) is 15.6. The Morgan fingerprint density at radius 3 is 2.71 bits per heavy atom. The molecule has 9 nitrogen and oxygen atoms in total. The first-order chi connectivity index (χ1) is 20.4. The lowest BCUT2D eigenvalue weighted by molar-refractivity contribution is 0.0955. The Kier molecular flexibility index (Phi) is 7.84. The van der Waals surface area contributed by atoms with Crippen LogP contribution in [0.4, 0.5) is 11.5 Å². The first kappa shape index (κ1) is 27.8. The molecule has 3 aromatic heterocycles. The molecule has 216 valence electrons. The van der Waals surface area contributed by atoms with Crippen molar-refractivity contribution in [1.82, 2.24) is 24.8 Å². The number of aromatic nitrogens is 2. The first-order valence-corrected chi connectivity index (χ1v) is 14.8. The average Bonchev–Trinajstić information content (AvgIpc) is 3.61. The predicted octanol–water partition coefficient (Wildman–Crippen LogP) is 5.06. The third-order valence-corrected chi connectivity index (χ3v) is 8.95. The Morgan fingerprint density at radius 1 is 1.12 bits per heavy atom. The fraction of sp³-hybridized carbons (Fsp3) is 0.250. The van der Waals surface area contributed by atoms with Gasteiger partial charge in [0.2, 0.25) is 0 Å². The van der Waals surface area contributed by atoms with Crippen LogP contribution < -0.4 is 21.3 Å². The number of methoxy groups -OCH3 is 1. The summed E-state index contributed by atoms with van der Waals surface area (Å²) in [5, 5.41) is 4.07. The van der Waals surface area contributed by atoms with Crippen molar-refractivity contribution in [3.63, 3.8) is 0 Å². The Bertz CT molecular complexity index is 1780. The lowest BCUT2D eigenvalue weighted by atomic mass is 10.0. The summed E-state index contributed by atoms with van der Waals surface area (Å²) in [7, 11) is 5.66. The Hall–Kier alpha value is -4.38. The number of likely N-dealkylation sites (N-methyl/N-ethyl adjacent to an activating group) is 1. The molecule has 1 amide bonds. The van der Waals surface area contributed by atoms with Gasteiger partial charge in [-0.15, -0.1) is 11.3 Å². The molecule has 0 aliphatic carbocycles. The van der Waals surface area contributed by atoms with Crippen molar-refractivity contribution in [3.8, 4) is 16.9 Å². The third kappa shape index (κ3) is 5.44. The number of anilines is 2. The number of piperazine rings is 1. The van der Waals surface area contributed by atoms with E-state index < -0.39 is 0 Å². The Balaban J connectivity index is 1.20. The lowest BCUT2D eigenvalue weighted by Gasteiger charge is -2.31. The molecule has 2 aromatic carbocycles. The number of nitrogens with zero attached hydrogens (tertiary/aromatic N) is 4. The van der Waals surface area contributed by atoms with Crippen LogP contribution >= 0.6 is 11.3 Å². The van der Waals surface area contributed by atoms with Gasteiger partial charge in [-0.05, 0) is 42.3 Å². The molecule has 0 radical (unpaired) electrons. The van der Waals surface area contributed by atoms with E-state index in [4.69, 9.17) is 10.5 Å². The Labute approximate surface area is 249 Å². The van der Waals surface area contributed by atoms with E-state index in [0.29, 0.717) is 22.9 Å². The zero-order chi connectivity index (χ0) is 29.2. The van der Waals surface area contributed by atoms with Crippen LogP contribution in [0.1, 0.15) is 16.1 Å². The van der Waals surface area contributed by atoms with Crippen molar-refractivity contribution in [3.05, 3.63) is 77.4 Å². The van der Waals surface area contributed by atoms with E-state index in [1.54, 1.807) is 18.4 Å². The number of ether oxygens (including phenoxy) is 1. The summed E-state index contributed by atoms with van der Waals surface area (Å²) in [6.45, 7) is 5.28. The zero-order valence-corrected chi connectivity index (χ0v) is 24.9. The van der Waals surface area contributed by atoms with Crippen LogP contribution in [0.25, 0.3) is 38.2 Å². The van der Waals surface area contributed by atoms with Crippen LogP contribution in [0.3, 0.4) is 0 Å². The van der Waals surface area contributed by atoms with E-state index >= 15 is 0 Å². The van der Waals surface area contributed by atoms with Crippen LogP contribution in [-0.2, 0) is 7.05 Å². The number of aryl methyl sites for hydroxylation is 1. The molecule has 5 aromatic rings. The van der Waals surface area contributed by atoms with E-state index in [0.717, 1.165) is 70.4 Å². The minimum atomic E-state index is -0.240. The first-order valence-electron chi connectivity index (χ1n) is 13.9. The number of benzene rings is 2. The van der Waals surface area contributed by atoms with Crippen molar-refractivity contribution in [2.24, 2.45) is 7.05 Å². The molecular weight excluding hydrogens is 546 g/mol. The maximum atomic E-state index is 13.0. The van der Waals surface area contributed by atoms with Gasteiger partial charge in [0.15, 0.2) is 0 Å². The van der Waals surface area contributed by atoms with Crippen LogP contribution in [0.15, 0.2) is 66.2 Å². The highest BCUT2D eigenvalue weighted by molar-refractivity contribution is 7.18. The van der Waals surface area contributed by atoms with Gasteiger partial charge < -0.3 is 19.9 Å². The number of nitrogen functional groups attached to an aromatic ring is 1. The number of hydrazine groups is 1. The largest absolute Gasteiger partial charge is 0.494 e. The number of hydrogen-bond acceptors (Lipinski definition) is 8.